The molecular weight excluding hydrogens is 283 g/mol. The zero-order chi connectivity index (χ0) is 12.4. The molecule has 0 saturated carbocycles. The number of aromatic nitrogens is 2. The fraction of sp³-hybridized carbons (Fsp3) is 0.357. The maximum Gasteiger partial charge on any atom is 0.119 e. The van der Waals surface area contributed by atoms with Crippen molar-refractivity contribution in [3.63, 3.8) is 0 Å². The third-order valence-corrected chi connectivity index (χ3v) is 3.63. The van der Waals surface area contributed by atoms with Gasteiger partial charge in [-0.25, -0.2) is 4.98 Å². The number of ether oxygens (including phenoxy) is 1. The zero-order valence-electron chi connectivity index (χ0n) is 10.4. The topological polar surface area (TPSA) is 37.9 Å². The number of H-pyrrole nitrogens is 1. The zero-order valence-corrected chi connectivity index (χ0v) is 12.0. The predicted octanol–water partition coefficient (Wildman–Crippen LogP) is 3.98. The molecule has 1 N–H and O–H groups in total. The summed E-state index contributed by atoms with van der Waals surface area (Å²) in [6.45, 7) is 0.680. The van der Waals surface area contributed by atoms with Crippen molar-refractivity contribution in [2.24, 2.45) is 0 Å². The van der Waals surface area contributed by atoms with E-state index in [9.17, 15) is 0 Å². The summed E-state index contributed by atoms with van der Waals surface area (Å²) in [5.74, 6) is 1.26. The third kappa shape index (κ3) is 3.23. The number of fused-ring (bicyclic) bond motifs is 1. The Bertz CT molecular complexity index is 524. The normalized spacial score (nSPS) is 17.4. The molecule has 0 bridgehead atoms. The molecule has 1 unspecified atom stereocenters. The van der Waals surface area contributed by atoms with Crippen molar-refractivity contribution in [3.8, 4) is 5.75 Å². The van der Waals surface area contributed by atoms with Crippen molar-refractivity contribution in [1.82, 2.24) is 9.97 Å². The van der Waals surface area contributed by atoms with E-state index in [1.165, 1.54) is 17.8 Å². The molecule has 3 nitrogen and oxygen atoms in total. The highest BCUT2D eigenvalue weighted by molar-refractivity contribution is 6.30. The Hall–Kier alpha value is -1.19. The van der Waals surface area contributed by atoms with E-state index in [1.54, 1.807) is 6.33 Å². The van der Waals surface area contributed by atoms with Gasteiger partial charge in [0, 0.05) is 16.6 Å². The molecule has 0 fully saturated rings. The molecule has 1 aromatic heterocycles. The second-order valence-corrected chi connectivity index (χ2v) is 5.06. The third-order valence-electron chi connectivity index (χ3n) is 3.38. The molecule has 1 aliphatic rings. The Balaban J connectivity index is 0.00000133. The van der Waals surface area contributed by atoms with Crippen LogP contribution in [0.15, 0.2) is 30.6 Å². The van der Waals surface area contributed by atoms with Crippen molar-refractivity contribution in [3.05, 3.63) is 47.0 Å². The fourth-order valence-corrected chi connectivity index (χ4v) is 2.56. The van der Waals surface area contributed by atoms with Crippen LogP contribution in [0.2, 0.25) is 5.02 Å². The smallest absolute Gasteiger partial charge is 0.119 e. The minimum Gasteiger partial charge on any atom is -0.493 e. The van der Waals surface area contributed by atoms with E-state index in [4.69, 9.17) is 16.3 Å². The van der Waals surface area contributed by atoms with Gasteiger partial charge < -0.3 is 9.72 Å². The maximum atomic E-state index is 5.84. The summed E-state index contributed by atoms with van der Waals surface area (Å²) in [6, 6.07) is 7.49. The predicted molar refractivity (Wildman–Crippen MR) is 78.5 cm³/mol. The number of halogens is 2. The molecule has 2 aromatic rings. The quantitative estimate of drug-likeness (QED) is 0.930. The number of imidazole rings is 1. The number of hydrogen-bond acceptors (Lipinski definition) is 2. The standard InChI is InChI=1S/C14H15ClN2O.ClH/c15-11-4-6-12(7-5-11)18-8-10-2-1-3-13-14(10)17-9-16-13;/h4-7,9-10H,1-3,8H2,(H,16,17);1H. The second-order valence-electron chi connectivity index (χ2n) is 4.62. The van der Waals surface area contributed by atoms with Gasteiger partial charge in [-0.3, -0.25) is 0 Å². The van der Waals surface area contributed by atoms with Crippen molar-refractivity contribution in [2.75, 3.05) is 6.61 Å². The summed E-state index contributed by atoms with van der Waals surface area (Å²) in [4.78, 5) is 7.62. The number of aryl methyl sites for hydroxylation is 1. The molecular formula is C14H16Cl2N2O. The number of rotatable bonds is 3. The van der Waals surface area contributed by atoms with Gasteiger partial charge in [0.15, 0.2) is 0 Å². The van der Waals surface area contributed by atoms with Gasteiger partial charge in [-0.2, -0.15) is 0 Å². The summed E-state index contributed by atoms with van der Waals surface area (Å²) in [7, 11) is 0. The average molecular weight is 299 g/mol. The lowest BCUT2D eigenvalue weighted by molar-refractivity contribution is 0.272. The van der Waals surface area contributed by atoms with Gasteiger partial charge in [0.25, 0.3) is 0 Å². The molecule has 1 atom stereocenters. The lowest BCUT2D eigenvalue weighted by Crippen LogP contribution is -2.16. The summed E-state index contributed by atoms with van der Waals surface area (Å²) in [5.41, 5.74) is 2.45. The van der Waals surface area contributed by atoms with Crippen molar-refractivity contribution in [1.29, 1.82) is 0 Å². The van der Waals surface area contributed by atoms with Crippen molar-refractivity contribution < 1.29 is 4.74 Å². The molecule has 1 heterocycles. The first-order valence-electron chi connectivity index (χ1n) is 6.23. The Kier molecular flexibility index (Phi) is 4.72. The van der Waals surface area contributed by atoms with Gasteiger partial charge in [0.05, 0.1) is 18.6 Å². The van der Waals surface area contributed by atoms with Crippen LogP contribution in [0.4, 0.5) is 0 Å². The van der Waals surface area contributed by atoms with Crippen LogP contribution in [0, 0.1) is 0 Å². The van der Waals surface area contributed by atoms with Gasteiger partial charge in [-0.1, -0.05) is 11.6 Å². The van der Waals surface area contributed by atoms with Gasteiger partial charge in [-0.15, -0.1) is 12.4 Å². The highest BCUT2D eigenvalue weighted by atomic mass is 35.5. The SMILES string of the molecule is Cl.Clc1ccc(OCC2CCCc3[nH]cnc32)cc1. The van der Waals surface area contributed by atoms with Gasteiger partial charge in [-0.05, 0) is 43.5 Å². The van der Waals surface area contributed by atoms with Crippen LogP contribution in [-0.4, -0.2) is 16.6 Å². The van der Waals surface area contributed by atoms with Crippen LogP contribution in [0.5, 0.6) is 5.75 Å². The van der Waals surface area contributed by atoms with E-state index >= 15 is 0 Å². The van der Waals surface area contributed by atoms with Crippen LogP contribution in [0.25, 0.3) is 0 Å². The molecule has 102 valence electrons. The molecule has 0 spiro atoms. The summed E-state index contributed by atoms with van der Waals surface area (Å²) >= 11 is 5.84. The van der Waals surface area contributed by atoms with Crippen LogP contribution in [0.1, 0.15) is 30.1 Å². The van der Waals surface area contributed by atoms with Crippen molar-refractivity contribution >= 4 is 24.0 Å². The second kappa shape index (κ2) is 6.31. The number of hydrogen-bond donors (Lipinski definition) is 1. The summed E-state index contributed by atoms with van der Waals surface area (Å²) in [5, 5.41) is 0.731. The first kappa shape index (κ1) is 14.2. The molecule has 1 aliphatic carbocycles. The Labute approximate surface area is 123 Å². The average Bonchev–Trinajstić information content (AvgIpc) is 2.87. The van der Waals surface area contributed by atoms with Crippen LogP contribution in [0.3, 0.4) is 0 Å². The number of nitrogens with one attached hydrogen (secondary N) is 1. The molecule has 0 amide bonds. The van der Waals surface area contributed by atoms with Gasteiger partial charge >= 0.3 is 0 Å². The number of aromatic amines is 1. The van der Waals surface area contributed by atoms with Crippen LogP contribution >= 0.6 is 24.0 Å². The van der Waals surface area contributed by atoms with E-state index < -0.39 is 0 Å². The fourth-order valence-electron chi connectivity index (χ4n) is 2.44. The van der Waals surface area contributed by atoms with Gasteiger partial charge in [0.1, 0.15) is 5.75 Å². The van der Waals surface area contributed by atoms with E-state index in [2.05, 4.69) is 9.97 Å². The first-order valence-corrected chi connectivity index (χ1v) is 6.61. The van der Waals surface area contributed by atoms with E-state index in [0.717, 1.165) is 23.6 Å². The molecule has 0 aliphatic heterocycles. The summed E-state index contributed by atoms with van der Waals surface area (Å²) in [6.07, 6.45) is 5.23. The summed E-state index contributed by atoms with van der Waals surface area (Å²) < 4.78 is 5.81. The molecule has 0 radical (unpaired) electrons. The lowest BCUT2D eigenvalue weighted by atomic mass is 9.90. The largest absolute Gasteiger partial charge is 0.493 e. The first-order chi connectivity index (χ1) is 8.83. The minimum absolute atomic E-state index is 0. The number of nitrogens with zero attached hydrogens (tertiary/aromatic N) is 1. The number of benzene rings is 1. The molecule has 19 heavy (non-hydrogen) atoms. The molecule has 3 rings (SSSR count). The molecule has 1 aromatic carbocycles. The van der Waals surface area contributed by atoms with E-state index in [-0.39, 0.29) is 12.4 Å². The maximum absolute atomic E-state index is 5.84. The van der Waals surface area contributed by atoms with Crippen molar-refractivity contribution in [2.45, 2.75) is 25.2 Å². The monoisotopic (exact) mass is 298 g/mol. The Morgan fingerprint density at radius 3 is 2.89 bits per heavy atom. The Morgan fingerprint density at radius 2 is 2.11 bits per heavy atom. The minimum atomic E-state index is 0. The Morgan fingerprint density at radius 1 is 1.32 bits per heavy atom. The highest BCUT2D eigenvalue weighted by Crippen LogP contribution is 2.29. The van der Waals surface area contributed by atoms with Crippen LogP contribution < -0.4 is 4.74 Å². The van der Waals surface area contributed by atoms with Gasteiger partial charge in [0.2, 0.25) is 0 Å². The van der Waals surface area contributed by atoms with E-state index in [0.29, 0.717) is 12.5 Å². The van der Waals surface area contributed by atoms with E-state index in [1.807, 2.05) is 24.3 Å². The lowest BCUT2D eigenvalue weighted by Gasteiger charge is -2.21. The molecule has 5 heteroatoms. The van der Waals surface area contributed by atoms with Crippen LogP contribution in [-0.2, 0) is 6.42 Å². The molecule has 0 saturated heterocycles. The highest BCUT2D eigenvalue weighted by Gasteiger charge is 2.23.